The SMILES string of the molecule is C=C1C=CC=C(O)C1C(c1cccc2n[nH]nc12)(c1cccc2n[nH]nc12)C(C)(C)C(C)(C)C. The van der Waals surface area contributed by atoms with Gasteiger partial charge in [-0.05, 0) is 45.7 Å². The molecule has 0 aliphatic heterocycles. The number of fused-ring (bicyclic) bond motifs is 2. The van der Waals surface area contributed by atoms with E-state index in [0.717, 1.165) is 38.8 Å². The minimum absolute atomic E-state index is 0.216. The Bertz CT molecular complexity index is 1390. The van der Waals surface area contributed by atoms with E-state index in [1.54, 1.807) is 6.08 Å². The van der Waals surface area contributed by atoms with Crippen LogP contribution in [0.3, 0.4) is 0 Å². The summed E-state index contributed by atoms with van der Waals surface area (Å²) < 4.78 is 0. The van der Waals surface area contributed by atoms with Crippen LogP contribution in [0.5, 0.6) is 0 Å². The molecule has 0 fully saturated rings. The molecule has 7 heteroatoms. The van der Waals surface area contributed by atoms with Crippen LogP contribution in [0.15, 0.2) is 72.5 Å². The summed E-state index contributed by atoms with van der Waals surface area (Å²) in [5.74, 6) is -0.206. The fraction of sp³-hybridized carbons (Fsp3) is 0.333. The standard InChI is InChI=1S/C27H30N6O/c1-16-10-7-15-21(34)22(16)27(26(5,6)25(2,3)4,17-11-8-13-19-23(17)30-32-28-19)18-12-9-14-20-24(18)31-33-29-20/h7-15,22,34H,1H2,2-6H3,(H,28,30,32)(H,29,31,33). The van der Waals surface area contributed by atoms with Crippen molar-refractivity contribution in [1.29, 1.82) is 0 Å². The van der Waals surface area contributed by atoms with Crippen molar-refractivity contribution in [3.05, 3.63) is 83.7 Å². The van der Waals surface area contributed by atoms with E-state index in [1.807, 2.05) is 36.4 Å². The number of para-hydroxylation sites is 2. The molecule has 1 atom stereocenters. The summed E-state index contributed by atoms with van der Waals surface area (Å²) in [6.07, 6.45) is 5.58. The zero-order valence-corrected chi connectivity index (χ0v) is 20.2. The number of hydrogen-bond acceptors (Lipinski definition) is 5. The van der Waals surface area contributed by atoms with Crippen LogP contribution in [-0.4, -0.2) is 35.9 Å². The van der Waals surface area contributed by atoms with Gasteiger partial charge in [0.15, 0.2) is 0 Å². The van der Waals surface area contributed by atoms with Crippen molar-refractivity contribution >= 4 is 22.1 Å². The third-order valence-electron chi connectivity index (χ3n) is 8.08. The van der Waals surface area contributed by atoms with Gasteiger partial charge in [-0.1, -0.05) is 77.6 Å². The van der Waals surface area contributed by atoms with Gasteiger partial charge in [0, 0.05) is 5.41 Å². The van der Waals surface area contributed by atoms with Crippen LogP contribution in [0, 0.1) is 16.7 Å². The minimum Gasteiger partial charge on any atom is -0.512 e. The first-order valence-corrected chi connectivity index (χ1v) is 11.5. The molecule has 2 aromatic heterocycles. The third kappa shape index (κ3) is 2.82. The first-order valence-electron chi connectivity index (χ1n) is 11.5. The Labute approximate surface area is 198 Å². The molecule has 3 N–H and O–H groups in total. The van der Waals surface area contributed by atoms with Crippen molar-refractivity contribution in [3.63, 3.8) is 0 Å². The van der Waals surface area contributed by atoms with E-state index in [0.29, 0.717) is 0 Å². The monoisotopic (exact) mass is 454 g/mol. The van der Waals surface area contributed by atoms with Crippen molar-refractivity contribution in [2.45, 2.75) is 40.0 Å². The molecule has 1 unspecified atom stereocenters. The average molecular weight is 455 g/mol. The van der Waals surface area contributed by atoms with Gasteiger partial charge in [0.05, 0.1) is 5.92 Å². The van der Waals surface area contributed by atoms with Crippen molar-refractivity contribution < 1.29 is 5.11 Å². The molecule has 2 aromatic carbocycles. The van der Waals surface area contributed by atoms with Gasteiger partial charge in [-0.3, -0.25) is 0 Å². The summed E-state index contributed by atoms with van der Waals surface area (Å²) in [6, 6.07) is 12.1. The molecule has 4 aromatic rings. The van der Waals surface area contributed by atoms with Gasteiger partial charge in [0.25, 0.3) is 0 Å². The Kier molecular flexibility index (Phi) is 4.79. The van der Waals surface area contributed by atoms with E-state index in [1.165, 1.54) is 0 Å². The number of rotatable bonds is 4. The number of nitrogens with one attached hydrogen (secondary N) is 2. The number of H-pyrrole nitrogens is 2. The number of aliphatic hydroxyl groups is 1. The van der Waals surface area contributed by atoms with E-state index in [4.69, 9.17) is 0 Å². The number of aromatic amines is 2. The summed E-state index contributed by atoms with van der Waals surface area (Å²) in [4.78, 5) is 0. The quantitative estimate of drug-likeness (QED) is 0.363. The predicted molar refractivity (Wildman–Crippen MR) is 134 cm³/mol. The Morgan fingerprint density at radius 2 is 1.35 bits per heavy atom. The molecule has 0 saturated heterocycles. The highest BCUT2D eigenvalue weighted by Crippen LogP contribution is 2.63. The second-order valence-electron chi connectivity index (χ2n) is 10.6. The van der Waals surface area contributed by atoms with Crippen molar-refractivity contribution in [1.82, 2.24) is 30.8 Å². The van der Waals surface area contributed by atoms with Gasteiger partial charge in [-0.15, -0.1) is 0 Å². The number of aliphatic hydroxyl groups excluding tert-OH is 1. The van der Waals surface area contributed by atoms with Crippen molar-refractivity contribution in [2.75, 3.05) is 0 Å². The topological polar surface area (TPSA) is 103 Å². The zero-order valence-electron chi connectivity index (χ0n) is 20.2. The molecule has 0 amide bonds. The highest BCUT2D eigenvalue weighted by atomic mass is 16.3. The summed E-state index contributed by atoms with van der Waals surface area (Å²) >= 11 is 0. The van der Waals surface area contributed by atoms with Gasteiger partial charge in [-0.2, -0.15) is 30.8 Å². The molecule has 2 heterocycles. The van der Waals surface area contributed by atoms with Crippen LogP contribution < -0.4 is 0 Å². The number of allylic oxidation sites excluding steroid dienone is 4. The van der Waals surface area contributed by atoms with Crippen molar-refractivity contribution in [2.24, 2.45) is 16.7 Å². The molecule has 0 saturated carbocycles. The van der Waals surface area contributed by atoms with Crippen LogP contribution in [0.25, 0.3) is 22.1 Å². The Morgan fingerprint density at radius 1 is 0.824 bits per heavy atom. The second-order valence-corrected chi connectivity index (χ2v) is 10.6. The molecule has 5 rings (SSSR count). The van der Waals surface area contributed by atoms with Crippen LogP contribution in [-0.2, 0) is 5.41 Å². The van der Waals surface area contributed by atoms with Gasteiger partial charge >= 0.3 is 0 Å². The smallest absolute Gasteiger partial charge is 0.117 e. The predicted octanol–water partition coefficient (Wildman–Crippen LogP) is 5.77. The lowest BCUT2D eigenvalue weighted by atomic mass is 9.44. The average Bonchev–Trinajstić information content (AvgIpc) is 3.44. The van der Waals surface area contributed by atoms with E-state index in [9.17, 15) is 5.11 Å². The van der Waals surface area contributed by atoms with E-state index in [2.05, 4.69) is 84.2 Å². The normalized spacial score (nSPS) is 17.5. The number of benzene rings is 2. The summed E-state index contributed by atoms with van der Waals surface area (Å²) in [6.45, 7) is 15.6. The molecule has 0 spiro atoms. The largest absolute Gasteiger partial charge is 0.512 e. The molecular formula is C27H30N6O. The minimum atomic E-state index is -0.833. The molecular weight excluding hydrogens is 424 g/mol. The van der Waals surface area contributed by atoms with Gasteiger partial charge in [0.2, 0.25) is 0 Å². The summed E-state index contributed by atoms with van der Waals surface area (Å²) in [7, 11) is 0. The van der Waals surface area contributed by atoms with E-state index in [-0.39, 0.29) is 11.2 Å². The number of hydrogen-bond donors (Lipinski definition) is 3. The molecule has 34 heavy (non-hydrogen) atoms. The molecule has 0 bridgehead atoms. The third-order valence-corrected chi connectivity index (χ3v) is 8.08. The van der Waals surface area contributed by atoms with Crippen LogP contribution in [0.4, 0.5) is 0 Å². The summed E-state index contributed by atoms with van der Waals surface area (Å²) in [5, 5.41) is 35.1. The maximum absolute atomic E-state index is 11.5. The summed E-state index contributed by atoms with van der Waals surface area (Å²) in [5.41, 5.74) is 4.27. The van der Waals surface area contributed by atoms with Crippen LogP contribution >= 0.6 is 0 Å². The zero-order chi connectivity index (χ0) is 24.3. The molecule has 7 nitrogen and oxygen atoms in total. The first kappa shape index (κ1) is 22.1. The highest BCUT2D eigenvalue weighted by Gasteiger charge is 2.60. The maximum Gasteiger partial charge on any atom is 0.117 e. The number of aromatic nitrogens is 6. The maximum atomic E-state index is 11.5. The van der Waals surface area contributed by atoms with Crippen LogP contribution in [0.1, 0.15) is 45.7 Å². The lowest BCUT2D eigenvalue weighted by Gasteiger charge is -2.58. The fourth-order valence-electron chi connectivity index (χ4n) is 5.61. The van der Waals surface area contributed by atoms with E-state index >= 15 is 0 Å². The van der Waals surface area contributed by atoms with Crippen molar-refractivity contribution in [3.8, 4) is 0 Å². The molecule has 1 aliphatic rings. The first-order chi connectivity index (χ1) is 16.1. The fourth-order valence-corrected chi connectivity index (χ4v) is 5.61. The lowest BCUT2D eigenvalue weighted by molar-refractivity contribution is 0.0216. The molecule has 174 valence electrons. The number of nitrogens with zero attached hydrogens (tertiary/aromatic N) is 4. The molecule has 1 aliphatic carbocycles. The van der Waals surface area contributed by atoms with Crippen LogP contribution in [0.2, 0.25) is 0 Å². The molecule has 0 radical (unpaired) electrons. The Hall–Kier alpha value is -3.74. The second kappa shape index (κ2) is 7.38. The highest BCUT2D eigenvalue weighted by molar-refractivity contribution is 5.85. The van der Waals surface area contributed by atoms with Gasteiger partial charge in [-0.25, -0.2) is 0 Å². The van der Waals surface area contributed by atoms with E-state index < -0.39 is 16.7 Å². The van der Waals surface area contributed by atoms with Gasteiger partial charge < -0.3 is 5.11 Å². The Balaban J connectivity index is 2.06. The Morgan fingerprint density at radius 3 is 1.82 bits per heavy atom. The lowest BCUT2D eigenvalue weighted by Crippen LogP contribution is -2.56. The van der Waals surface area contributed by atoms with Gasteiger partial charge in [0.1, 0.15) is 27.8 Å².